The van der Waals surface area contributed by atoms with Gasteiger partial charge < -0.3 is 4.74 Å². The van der Waals surface area contributed by atoms with Crippen LogP contribution in [0.4, 0.5) is 0 Å². The number of hydrogen-bond acceptors (Lipinski definition) is 2. The molecule has 0 fully saturated rings. The summed E-state index contributed by atoms with van der Waals surface area (Å²) in [5.74, 6) is 0.886. The lowest BCUT2D eigenvalue weighted by Crippen LogP contribution is -1.95. The molecule has 1 aromatic heterocycles. The summed E-state index contributed by atoms with van der Waals surface area (Å²) in [4.78, 5) is 4.74. The first-order valence-corrected chi connectivity index (χ1v) is 6.74. The van der Waals surface area contributed by atoms with Crippen LogP contribution in [0.1, 0.15) is 16.8 Å². The molecule has 2 aromatic carbocycles. The highest BCUT2D eigenvalue weighted by Gasteiger charge is 2.03. The Morgan fingerprint density at radius 3 is 2.50 bits per heavy atom. The van der Waals surface area contributed by atoms with Crippen LogP contribution in [0.2, 0.25) is 0 Å². The van der Waals surface area contributed by atoms with Crippen molar-refractivity contribution in [3.05, 3.63) is 71.4 Å². The molecule has 3 rings (SSSR count). The molecule has 0 saturated carbocycles. The van der Waals surface area contributed by atoms with Crippen LogP contribution >= 0.6 is 0 Å². The van der Waals surface area contributed by atoms with E-state index in [1.54, 1.807) is 7.11 Å². The molecule has 0 aliphatic rings. The maximum absolute atomic E-state index is 5.18. The Bertz CT molecular complexity index is 732. The third-order valence-corrected chi connectivity index (χ3v) is 3.52. The van der Waals surface area contributed by atoms with Gasteiger partial charge in [-0.3, -0.25) is 4.98 Å². The summed E-state index contributed by atoms with van der Waals surface area (Å²) in [6, 6.07) is 18.6. The maximum Gasteiger partial charge on any atom is 0.118 e. The smallest absolute Gasteiger partial charge is 0.118 e. The second-order valence-electron chi connectivity index (χ2n) is 4.97. The molecule has 0 bridgehead atoms. The number of methoxy groups -OCH3 is 1. The Hall–Kier alpha value is -2.35. The van der Waals surface area contributed by atoms with Crippen LogP contribution in [-0.2, 0) is 6.42 Å². The van der Waals surface area contributed by atoms with Gasteiger partial charge in [-0.2, -0.15) is 0 Å². The fraction of sp³-hybridized carbons (Fsp3) is 0.167. The first-order valence-electron chi connectivity index (χ1n) is 6.74. The summed E-state index contributed by atoms with van der Waals surface area (Å²) in [6.07, 6.45) is 0.843. The summed E-state index contributed by atoms with van der Waals surface area (Å²) in [5, 5.41) is 1.23. The third-order valence-electron chi connectivity index (χ3n) is 3.52. The number of para-hydroxylation sites is 1. The average Bonchev–Trinajstić information content (AvgIpc) is 2.48. The second kappa shape index (κ2) is 5.33. The van der Waals surface area contributed by atoms with Crippen molar-refractivity contribution in [2.45, 2.75) is 13.3 Å². The molecule has 100 valence electrons. The van der Waals surface area contributed by atoms with Crippen molar-refractivity contribution in [2.24, 2.45) is 0 Å². The molecule has 2 heteroatoms. The minimum Gasteiger partial charge on any atom is -0.497 e. The number of fused-ring (bicyclic) bond motifs is 1. The maximum atomic E-state index is 5.18. The molecule has 20 heavy (non-hydrogen) atoms. The highest BCUT2D eigenvalue weighted by molar-refractivity contribution is 5.82. The third kappa shape index (κ3) is 2.50. The highest BCUT2D eigenvalue weighted by Crippen LogP contribution is 2.20. The highest BCUT2D eigenvalue weighted by atomic mass is 16.5. The normalized spacial score (nSPS) is 10.7. The topological polar surface area (TPSA) is 22.1 Å². The standard InChI is InChI=1S/C18H17NO/c1-13-11-15(19-18-6-4-3-5-17(13)18)12-14-7-9-16(20-2)10-8-14/h3-11H,12H2,1-2H3. The number of pyridine rings is 1. The van der Waals surface area contributed by atoms with E-state index in [2.05, 4.69) is 43.3 Å². The van der Waals surface area contributed by atoms with Gasteiger partial charge in [0, 0.05) is 17.5 Å². The van der Waals surface area contributed by atoms with E-state index < -0.39 is 0 Å². The van der Waals surface area contributed by atoms with Crippen molar-refractivity contribution in [3.8, 4) is 5.75 Å². The van der Waals surface area contributed by atoms with E-state index in [1.807, 2.05) is 18.2 Å². The summed E-state index contributed by atoms with van der Waals surface area (Å²) in [5.41, 5.74) is 4.69. The number of benzene rings is 2. The van der Waals surface area contributed by atoms with E-state index in [0.29, 0.717) is 0 Å². The van der Waals surface area contributed by atoms with Gasteiger partial charge in [0.1, 0.15) is 5.75 Å². The van der Waals surface area contributed by atoms with Crippen molar-refractivity contribution in [2.75, 3.05) is 7.11 Å². The van der Waals surface area contributed by atoms with Crippen molar-refractivity contribution >= 4 is 10.9 Å². The Morgan fingerprint density at radius 2 is 1.75 bits per heavy atom. The Balaban J connectivity index is 1.93. The molecule has 3 aromatic rings. The van der Waals surface area contributed by atoms with Gasteiger partial charge in [-0.25, -0.2) is 0 Å². The molecule has 2 nitrogen and oxygen atoms in total. The second-order valence-corrected chi connectivity index (χ2v) is 4.97. The van der Waals surface area contributed by atoms with E-state index >= 15 is 0 Å². The quantitative estimate of drug-likeness (QED) is 0.708. The van der Waals surface area contributed by atoms with Gasteiger partial charge in [0.15, 0.2) is 0 Å². The number of nitrogens with zero attached hydrogens (tertiary/aromatic N) is 1. The van der Waals surface area contributed by atoms with Gasteiger partial charge in [0.2, 0.25) is 0 Å². The number of aromatic nitrogens is 1. The SMILES string of the molecule is COc1ccc(Cc2cc(C)c3ccccc3n2)cc1. The Morgan fingerprint density at radius 1 is 1.00 bits per heavy atom. The largest absolute Gasteiger partial charge is 0.497 e. The van der Waals surface area contributed by atoms with Gasteiger partial charge in [-0.15, -0.1) is 0 Å². The monoisotopic (exact) mass is 263 g/mol. The average molecular weight is 263 g/mol. The Kier molecular flexibility index (Phi) is 3.38. The van der Waals surface area contributed by atoms with E-state index in [1.165, 1.54) is 16.5 Å². The predicted octanol–water partition coefficient (Wildman–Crippen LogP) is 4.14. The molecule has 0 aliphatic carbocycles. The van der Waals surface area contributed by atoms with Gasteiger partial charge in [0.25, 0.3) is 0 Å². The fourth-order valence-corrected chi connectivity index (χ4v) is 2.46. The number of aryl methyl sites for hydroxylation is 1. The van der Waals surface area contributed by atoms with E-state index in [9.17, 15) is 0 Å². The number of hydrogen-bond donors (Lipinski definition) is 0. The zero-order valence-corrected chi connectivity index (χ0v) is 11.8. The van der Waals surface area contributed by atoms with Crippen molar-refractivity contribution in [1.29, 1.82) is 0 Å². The van der Waals surface area contributed by atoms with Crippen molar-refractivity contribution < 1.29 is 4.74 Å². The van der Waals surface area contributed by atoms with Crippen LogP contribution in [0.5, 0.6) is 5.75 Å². The van der Waals surface area contributed by atoms with Crippen LogP contribution in [0.15, 0.2) is 54.6 Å². The number of rotatable bonds is 3. The molecule has 0 saturated heterocycles. The lowest BCUT2D eigenvalue weighted by atomic mass is 10.0. The zero-order valence-electron chi connectivity index (χ0n) is 11.8. The lowest BCUT2D eigenvalue weighted by Gasteiger charge is -2.07. The summed E-state index contributed by atoms with van der Waals surface area (Å²) >= 11 is 0. The van der Waals surface area contributed by atoms with Gasteiger partial charge in [-0.1, -0.05) is 30.3 Å². The first kappa shape index (κ1) is 12.7. The molecule has 0 N–H and O–H groups in total. The molecule has 0 aliphatic heterocycles. The number of ether oxygens (including phenoxy) is 1. The van der Waals surface area contributed by atoms with E-state index in [0.717, 1.165) is 23.4 Å². The van der Waals surface area contributed by atoms with Crippen molar-refractivity contribution in [3.63, 3.8) is 0 Å². The van der Waals surface area contributed by atoms with Crippen LogP contribution in [0.25, 0.3) is 10.9 Å². The summed E-state index contributed by atoms with van der Waals surface area (Å²) in [7, 11) is 1.68. The van der Waals surface area contributed by atoms with Gasteiger partial charge in [0.05, 0.1) is 12.6 Å². The van der Waals surface area contributed by atoms with Crippen LogP contribution < -0.4 is 4.74 Å². The van der Waals surface area contributed by atoms with Crippen LogP contribution in [0.3, 0.4) is 0 Å². The van der Waals surface area contributed by atoms with Gasteiger partial charge in [-0.05, 0) is 42.3 Å². The minimum absolute atomic E-state index is 0.843. The molecule has 0 unspecified atom stereocenters. The fourth-order valence-electron chi connectivity index (χ4n) is 2.46. The Labute approximate surface area is 119 Å². The molecular formula is C18H17NO. The van der Waals surface area contributed by atoms with Crippen molar-refractivity contribution in [1.82, 2.24) is 4.98 Å². The van der Waals surface area contributed by atoms with Crippen LogP contribution in [0, 0.1) is 6.92 Å². The predicted molar refractivity (Wildman–Crippen MR) is 82.3 cm³/mol. The molecule has 0 spiro atoms. The zero-order chi connectivity index (χ0) is 13.9. The molecule has 1 heterocycles. The summed E-state index contributed by atoms with van der Waals surface area (Å²) in [6.45, 7) is 2.14. The summed E-state index contributed by atoms with van der Waals surface area (Å²) < 4.78 is 5.18. The minimum atomic E-state index is 0.843. The first-order chi connectivity index (χ1) is 9.76. The lowest BCUT2D eigenvalue weighted by molar-refractivity contribution is 0.414. The molecule has 0 amide bonds. The molecule has 0 atom stereocenters. The van der Waals surface area contributed by atoms with Gasteiger partial charge >= 0.3 is 0 Å². The van der Waals surface area contributed by atoms with E-state index in [4.69, 9.17) is 9.72 Å². The van der Waals surface area contributed by atoms with E-state index in [-0.39, 0.29) is 0 Å². The molecular weight excluding hydrogens is 246 g/mol. The van der Waals surface area contributed by atoms with Crippen LogP contribution in [-0.4, -0.2) is 12.1 Å². The molecule has 0 radical (unpaired) electrons.